The molecular weight excluding hydrogens is 375 g/mol. The van der Waals surface area contributed by atoms with E-state index in [4.69, 9.17) is 27.9 Å². The van der Waals surface area contributed by atoms with Gasteiger partial charge in [0.05, 0.1) is 29.1 Å². The number of aromatic amines is 1. The lowest BCUT2D eigenvalue weighted by Crippen LogP contribution is -2.18. The Kier molecular flexibility index (Phi) is 5.55. The largest absolute Gasteiger partial charge is 0.497 e. The molecule has 0 bridgehead atoms. The van der Waals surface area contributed by atoms with Gasteiger partial charge >= 0.3 is 0 Å². The number of rotatable bonds is 5. The van der Waals surface area contributed by atoms with E-state index >= 15 is 0 Å². The number of carbonyl (C=O) groups is 1. The molecule has 132 valence electrons. The van der Waals surface area contributed by atoms with Crippen LogP contribution in [0.15, 0.2) is 53.6 Å². The highest BCUT2D eigenvalue weighted by Gasteiger charge is 2.10. The summed E-state index contributed by atoms with van der Waals surface area (Å²) in [6.45, 7) is 0. The molecule has 2 N–H and O–H groups in total. The number of nitrogens with one attached hydrogen (secondary N) is 2. The normalized spacial score (nSPS) is 10.9. The van der Waals surface area contributed by atoms with Crippen LogP contribution < -0.4 is 10.2 Å². The molecule has 6 nitrogen and oxygen atoms in total. The lowest BCUT2D eigenvalue weighted by atomic mass is 10.1. The number of hydrogen-bond acceptors (Lipinski definition) is 4. The Morgan fingerprint density at radius 2 is 1.92 bits per heavy atom. The lowest BCUT2D eigenvalue weighted by Gasteiger charge is -2.00. The van der Waals surface area contributed by atoms with Crippen molar-refractivity contribution in [2.75, 3.05) is 7.11 Å². The second kappa shape index (κ2) is 8.03. The number of nitrogens with zero attached hydrogens (tertiary/aromatic N) is 2. The van der Waals surface area contributed by atoms with E-state index < -0.39 is 5.91 Å². The summed E-state index contributed by atoms with van der Waals surface area (Å²) in [5.41, 5.74) is 4.94. The first kappa shape index (κ1) is 18.0. The summed E-state index contributed by atoms with van der Waals surface area (Å²) in [4.78, 5) is 12.1. The molecule has 0 spiro atoms. The van der Waals surface area contributed by atoms with Gasteiger partial charge in [0, 0.05) is 5.56 Å². The minimum absolute atomic E-state index is 0.294. The number of hydrazone groups is 1. The number of H-pyrrole nitrogens is 1. The number of amides is 1. The van der Waals surface area contributed by atoms with Crippen LogP contribution in [0.1, 0.15) is 16.1 Å². The highest BCUT2D eigenvalue weighted by Crippen LogP contribution is 2.22. The summed E-state index contributed by atoms with van der Waals surface area (Å²) in [7, 11) is 1.60. The molecule has 1 heterocycles. The molecule has 0 atom stereocenters. The Morgan fingerprint density at radius 1 is 1.15 bits per heavy atom. The molecule has 2 aromatic carbocycles. The van der Waals surface area contributed by atoms with Gasteiger partial charge < -0.3 is 4.74 Å². The van der Waals surface area contributed by atoms with Crippen LogP contribution in [0.4, 0.5) is 0 Å². The van der Waals surface area contributed by atoms with Gasteiger partial charge in [-0.1, -0.05) is 29.3 Å². The van der Waals surface area contributed by atoms with Crippen molar-refractivity contribution in [3.63, 3.8) is 0 Å². The van der Waals surface area contributed by atoms with Gasteiger partial charge in [-0.05, 0) is 48.0 Å². The number of methoxy groups -OCH3 is 1. The smallest absolute Gasteiger partial charge is 0.289 e. The minimum atomic E-state index is -0.409. The molecule has 0 aliphatic rings. The number of halogens is 2. The third-order valence-electron chi connectivity index (χ3n) is 3.53. The van der Waals surface area contributed by atoms with Crippen LogP contribution in [-0.2, 0) is 0 Å². The van der Waals surface area contributed by atoms with Crippen molar-refractivity contribution in [2.45, 2.75) is 0 Å². The second-order valence-corrected chi connectivity index (χ2v) is 6.08. The van der Waals surface area contributed by atoms with Gasteiger partial charge in [-0.3, -0.25) is 9.89 Å². The zero-order valence-corrected chi connectivity index (χ0v) is 15.2. The summed E-state index contributed by atoms with van der Waals surface area (Å²) >= 11 is 11.8. The third-order valence-corrected chi connectivity index (χ3v) is 4.27. The predicted octanol–water partition coefficient (Wildman–Crippen LogP) is 4.16. The SMILES string of the molecule is COc1ccc(-c2cc(C(=O)NN=Cc3ccc(Cl)c(Cl)c3)[nH]n2)cc1. The third kappa shape index (κ3) is 4.22. The molecule has 3 aromatic rings. The number of benzene rings is 2. The lowest BCUT2D eigenvalue weighted by molar-refractivity contribution is 0.0950. The molecule has 0 saturated carbocycles. The Bertz CT molecular complexity index is 952. The van der Waals surface area contributed by atoms with Crippen molar-refractivity contribution in [3.05, 3.63) is 69.8 Å². The van der Waals surface area contributed by atoms with Gasteiger partial charge in [-0.15, -0.1) is 0 Å². The van der Waals surface area contributed by atoms with Crippen LogP contribution in [0.3, 0.4) is 0 Å². The van der Waals surface area contributed by atoms with E-state index in [0.717, 1.165) is 11.3 Å². The summed E-state index contributed by atoms with van der Waals surface area (Å²) < 4.78 is 5.12. The summed E-state index contributed by atoms with van der Waals surface area (Å²) in [5, 5.41) is 11.6. The fraction of sp³-hybridized carbons (Fsp3) is 0.0556. The molecule has 3 rings (SSSR count). The first-order valence-corrected chi connectivity index (χ1v) is 8.30. The number of aromatic nitrogens is 2. The van der Waals surface area contributed by atoms with Crippen molar-refractivity contribution in [1.82, 2.24) is 15.6 Å². The molecule has 0 unspecified atom stereocenters. The highest BCUT2D eigenvalue weighted by atomic mass is 35.5. The van der Waals surface area contributed by atoms with E-state index in [0.29, 0.717) is 27.0 Å². The topological polar surface area (TPSA) is 79.4 Å². The zero-order valence-electron chi connectivity index (χ0n) is 13.7. The van der Waals surface area contributed by atoms with Gasteiger partial charge in [0.25, 0.3) is 5.91 Å². The molecule has 0 radical (unpaired) electrons. The first-order chi connectivity index (χ1) is 12.6. The highest BCUT2D eigenvalue weighted by molar-refractivity contribution is 6.42. The number of carbonyl (C=O) groups excluding carboxylic acids is 1. The number of ether oxygens (including phenoxy) is 1. The van der Waals surface area contributed by atoms with Crippen LogP contribution in [0, 0.1) is 0 Å². The second-order valence-electron chi connectivity index (χ2n) is 5.27. The van der Waals surface area contributed by atoms with Crippen molar-refractivity contribution < 1.29 is 9.53 Å². The maximum atomic E-state index is 12.1. The number of hydrogen-bond donors (Lipinski definition) is 2. The standard InChI is InChI=1S/C18H14Cl2N4O2/c1-26-13-5-3-12(4-6-13)16-9-17(23-22-16)18(25)24-21-10-11-2-7-14(19)15(20)8-11/h2-10H,1H3,(H,22,23)(H,24,25). The molecule has 0 aliphatic carbocycles. The van der Waals surface area contributed by atoms with Gasteiger partial charge in [-0.25, -0.2) is 5.43 Å². The Morgan fingerprint density at radius 3 is 2.62 bits per heavy atom. The predicted molar refractivity (Wildman–Crippen MR) is 102 cm³/mol. The summed E-state index contributed by atoms with van der Waals surface area (Å²) in [6.07, 6.45) is 1.47. The molecule has 1 aromatic heterocycles. The molecule has 0 fully saturated rings. The fourth-order valence-electron chi connectivity index (χ4n) is 2.17. The van der Waals surface area contributed by atoms with E-state index in [2.05, 4.69) is 20.7 Å². The molecule has 0 aliphatic heterocycles. The monoisotopic (exact) mass is 388 g/mol. The van der Waals surface area contributed by atoms with Crippen molar-refractivity contribution in [1.29, 1.82) is 0 Å². The quantitative estimate of drug-likeness (QED) is 0.508. The minimum Gasteiger partial charge on any atom is -0.497 e. The molecule has 26 heavy (non-hydrogen) atoms. The van der Waals surface area contributed by atoms with Gasteiger partial charge in [0.1, 0.15) is 11.4 Å². The van der Waals surface area contributed by atoms with E-state index in [9.17, 15) is 4.79 Å². The van der Waals surface area contributed by atoms with E-state index in [1.165, 1.54) is 6.21 Å². The Hall–Kier alpha value is -2.83. The Balaban J connectivity index is 1.65. The zero-order chi connectivity index (χ0) is 18.5. The van der Waals surface area contributed by atoms with Crippen molar-refractivity contribution in [3.8, 4) is 17.0 Å². The maximum Gasteiger partial charge on any atom is 0.289 e. The summed E-state index contributed by atoms with van der Waals surface area (Å²) in [6, 6.07) is 14.1. The average molecular weight is 389 g/mol. The maximum absolute atomic E-state index is 12.1. The van der Waals surface area contributed by atoms with Gasteiger partial charge in [0.2, 0.25) is 0 Å². The van der Waals surface area contributed by atoms with E-state index in [-0.39, 0.29) is 0 Å². The van der Waals surface area contributed by atoms with Crippen LogP contribution in [0.5, 0.6) is 5.75 Å². The van der Waals surface area contributed by atoms with Crippen LogP contribution in [0.25, 0.3) is 11.3 Å². The van der Waals surface area contributed by atoms with E-state index in [1.807, 2.05) is 24.3 Å². The van der Waals surface area contributed by atoms with Crippen LogP contribution >= 0.6 is 23.2 Å². The molecule has 1 amide bonds. The van der Waals surface area contributed by atoms with Crippen LogP contribution in [0.2, 0.25) is 10.0 Å². The van der Waals surface area contributed by atoms with Crippen LogP contribution in [-0.4, -0.2) is 29.4 Å². The van der Waals surface area contributed by atoms with Crippen molar-refractivity contribution >= 4 is 35.3 Å². The van der Waals surface area contributed by atoms with Gasteiger partial charge in [-0.2, -0.15) is 10.2 Å². The molecule has 0 saturated heterocycles. The molecule has 8 heteroatoms. The van der Waals surface area contributed by atoms with Crippen molar-refractivity contribution in [2.24, 2.45) is 5.10 Å². The summed E-state index contributed by atoms with van der Waals surface area (Å²) in [5.74, 6) is 0.340. The fourth-order valence-corrected chi connectivity index (χ4v) is 2.47. The first-order valence-electron chi connectivity index (χ1n) is 7.55. The average Bonchev–Trinajstić information content (AvgIpc) is 3.15. The van der Waals surface area contributed by atoms with Gasteiger partial charge in [0.15, 0.2) is 0 Å². The molecular formula is C18H14Cl2N4O2. The van der Waals surface area contributed by atoms with E-state index in [1.54, 1.807) is 31.4 Å². The Labute approximate surface area is 159 Å².